The van der Waals surface area contributed by atoms with Crippen molar-refractivity contribution in [3.05, 3.63) is 62.8 Å². The minimum Gasteiger partial charge on any atom is -0.462 e. The van der Waals surface area contributed by atoms with Crippen LogP contribution in [-0.2, 0) is 14.3 Å². The van der Waals surface area contributed by atoms with Crippen molar-refractivity contribution in [1.82, 2.24) is 0 Å². The number of carbonyl (C=O) groups excluding carboxylic acids is 3. The van der Waals surface area contributed by atoms with Gasteiger partial charge in [-0.2, -0.15) is 0 Å². The Balaban J connectivity index is 1.70. The number of ether oxygens (including phenoxy) is 2. The van der Waals surface area contributed by atoms with Gasteiger partial charge in [0.1, 0.15) is 10.6 Å². The first-order valence-electron chi connectivity index (χ1n) is 9.60. The third-order valence-electron chi connectivity index (χ3n) is 4.24. The van der Waals surface area contributed by atoms with Crippen molar-refractivity contribution < 1.29 is 28.3 Å². The lowest BCUT2D eigenvalue weighted by atomic mass is 10.1. The molecular weight excluding hydrogens is 422 g/mol. The molecular formula is C22H21NO7S. The minimum atomic E-state index is -0.947. The molecule has 0 atom stereocenters. The van der Waals surface area contributed by atoms with Gasteiger partial charge in [0, 0.05) is 10.9 Å². The summed E-state index contributed by atoms with van der Waals surface area (Å²) in [6.07, 6.45) is 0. The van der Waals surface area contributed by atoms with Crippen molar-refractivity contribution in [3.8, 4) is 0 Å². The molecule has 1 aromatic carbocycles. The molecule has 9 heteroatoms. The second kappa shape index (κ2) is 9.57. The summed E-state index contributed by atoms with van der Waals surface area (Å²) in [5, 5.41) is 3.24. The molecule has 0 radical (unpaired) electrons. The topological polar surface area (TPSA) is 112 Å². The smallest absolute Gasteiger partial charge is 0.374 e. The summed E-state index contributed by atoms with van der Waals surface area (Å²) in [6.45, 7) is 5.20. The van der Waals surface area contributed by atoms with Crippen LogP contribution in [0.3, 0.4) is 0 Å². The van der Waals surface area contributed by atoms with E-state index in [0.717, 1.165) is 10.9 Å². The zero-order chi connectivity index (χ0) is 22.5. The summed E-state index contributed by atoms with van der Waals surface area (Å²) in [5.41, 5.74) is 0.0955. The Labute approximate surface area is 181 Å². The lowest BCUT2D eigenvalue weighted by Crippen LogP contribution is -2.22. The molecule has 1 amide bonds. The first-order valence-corrected chi connectivity index (χ1v) is 10.4. The number of nitrogens with one attached hydrogen (secondary N) is 1. The van der Waals surface area contributed by atoms with E-state index in [1.165, 1.54) is 11.3 Å². The molecule has 0 spiro atoms. The molecule has 0 bridgehead atoms. The van der Waals surface area contributed by atoms with Crippen molar-refractivity contribution in [2.75, 3.05) is 18.5 Å². The molecule has 0 saturated carbocycles. The average molecular weight is 443 g/mol. The van der Waals surface area contributed by atoms with E-state index in [9.17, 15) is 19.2 Å². The van der Waals surface area contributed by atoms with Crippen LogP contribution in [-0.4, -0.2) is 31.1 Å². The van der Waals surface area contributed by atoms with E-state index in [4.69, 9.17) is 13.9 Å². The van der Waals surface area contributed by atoms with Crippen molar-refractivity contribution in [2.45, 2.75) is 26.7 Å². The van der Waals surface area contributed by atoms with Crippen LogP contribution in [0.15, 0.2) is 45.6 Å². The van der Waals surface area contributed by atoms with E-state index in [1.807, 2.05) is 13.8 Å². The van der Waals surface area contributed by atoms with E-state index >= 15 is 0 Å². The van der Waals surface area contributed by atoms with Crippen molar-refractivity contribution in [1.29, 1.82) is 0 Å². The predicted octanol–water partition coefficient (Wildman–Crippen LogP) is 3.95. The molecule has 2 aromatic heterocycles. The fourth-order valence-electron chi connectivity index (χ4n) is 2.72. The van der Waals surface area contributed by atoms with Gasteiger partial charge >= 0.3 is 11.9 Å². The SMILES string of the molecule is CCOC(=O)c1cc(C(C)C)sc1NC(=O)COC(=O)c1cc(=O)c2ccccc2o1. The fraction of sp³-hybridized carbons (Fsp3) is 0.273. The molecule has 0 aliphatic rings. The standard InChI is InChI=1S/C22H21NO7S/c1-4-28-21(26)14-9-18(12(2)3)31-20(14)23-19(25)11-29-22(27)17-10-15(24)13-7-5-6-8-16(13)30-17/h5-10,12H,4,11H2,1-3H3,(H,23,25). The lowest BCUT2D eigenvalue weighted by Gasteiger charge is -2.07. The van der Waals surface area contributed by atoms with Gasteiger partial charge in [-0.15, -0.1) is 11.3 Å². The predicted molar refractivity (Wildman–Crippen MR) is 116 cm³/mol. The number of hydrogen-bond donors (Lipinski definition) is 1. The number of benzene rings is 1. The fourth-order valence-corrected chi connectivity index (χ4v) is 3.78. The van der Waals surface area contributed by atoms with Crippen LogP contribution in [0.1, 0.15) is 52.5 Å². The van der Waals surface area contributed by atoms with Crippen molar-refractivity contribution in [2.24, 2.45) is 0 Å². The minimum absolute atomic E-state index is 0.150. The third kappa shape index (κ3) is 5.18. The monoisotopic (exact) mass is 443 g/mol. The Bertz CT molecular complexity index is 1190. The number of fused-ring (bicyclic) bond motifs is 1. The zero-order valence-electron chi connectivity index (χ0n) is 17.2. The van der Waals surface area contributed by atoms with E-state index in [1.54, 1.807) is 37.3 Å². The molecule has 0 fully saturated rings. The van der Waals surface area contributed by atoms with Crippen LogP contribution in [0.4, 0.5) is 5.00 Å². The van der Waals surface area contributed by atoms with Crippen LogP contribution in [0.25, 0.3) is 11.0 Å². The maximum Gasteiger partial charge on any atom is 0.374 e. The first-order chi connectivity index (χ1) is 14.8. The van der Waals surface area contributed by atoms with Crippen LogP contribution in [0, 0.1) is 0 Å². The number of amides is 1. The van der Waals surface area contributed by atoms with E-state index in [0.29, 0.717) is 10.4 Å². The molecule has 0 unspecified atom stereocenters. The molecule has 3 rings (SSSR count). The molecule has 0 aliphatic carbocycles. The van der Waals surface area contributed by atoms with Crippen LogP contribution >= 0.6 is 11.3 Å². The highest BCUT2D eigenvalue weighted by molar-refractivity contribution is 7.16. The summed E-state index contributed by atoms with van der Waals surface area (Å²) in [7, 11) is 0. The summed E-state index contributed by atoms with van der Waals surface area (Å²) >= 11 is 1.25. The van der Waals surface area contributed by atoms with Gasteiger partial charge in [-0.1, -0.05) is 26.0 Å². The number of anilines is 1. The second-order valence-corrected chi connectivity index (χ2v) is 7.95. The molecule has 0 saturated heterocycles. The number of rotatable bonds is 7. The Morgan fingerprint density at radius 1 is 1.10 bits per heavy atom. The molecule has 31 heavy (non-hydrogen) atoms. The van der Waals surface area contributed by atoms with Crippen molar-refractivity contribution in [3.63, 3.8) is 0 Å². The van der Waals surface area contributed by atoms with Crippen molar-refractivity contribution >= 4 is 45.2 Å². The van der Waals surface area contributed by atoms with Gasteiger partial charge in [0.2, 0.25) is 5.76 Å². The van der Waals surface area contributed by atoms with Gasteiger partial charge in [0.25, 0.3) is 5.91 Å². The van der Waals surface area contributed by atoms with E-state index in [-0.39, 0.29) is 29.4 Å². The molecule has 1 N–H and O–H groups in total. The van der Waals surface area contributed by atoms with Crippen LogP contribution in [0.2, 0.25) is 0 Å². The summed E-state index contributed by atoms with van der Waals surface area (Å²) in [6, 6.07) is 9.19. The third-order valence-corrected chi connectivity index (χ3v) is 5.59. The Morgan fingerprint density at radius 3 is 2.55 bits per heavy atom. The zero-order valence-corrected chi connectivity index (χ0v) is 18.0. The van der Waals surface area contributed by atoms with Gasteiger partial charge in [-0.25, -0.2) is 9.59 Å². The van der Waals surface area contributed by atoms with Gasteiger partial charge in [0.15, 0.2) is 12.0 Å². The normalized spacial score (nSPS) is 10.8. The molecule has 0 aliphatic heterocycles. The largest absolute Gasteiger partial charge is 0.462 e. The maximum atomic E-state index is 12.3. The Morgan fingerprint density at radius 2 is 1.84 bits per heavy atom. The highest BCUT2D eigenvalue weighted by atomic mass is 32.1. The second-order valence-electron chi connectivity index (χ2n) is 6.86. The molecule has 3 aromatic rings. The van der Waals surface area contributed by atoms with Crippen LogP contribution in [0.5, 0.6) is 0 Å². The van der Waals surface area contributed by atoms with E-state index < -0.39 is 29.9 Å². The molecule has 2 heterocycles. The Kier molecular flexibility index (Phi) is 6.86. The number of carbonyl (C=O) groups is 3. The lowest BCUT2D eigenvalue weighted by molar-refractivity contribution is -0.119. The molecule has 8 nitrogen and oxygen atoms in total. The number of esters is 2. The highest BCUT2D eigenvalue weighted by Gasteiger charge is 2.21. The summed E-state index contributed by atoms with van der Waals surface area (Å²) in [5.74, 6) is -2.29. The highest BCUT2D eigenvalue weighted by Crippen LogP contribution is 2.33. The quantitative estimate of drug-likeness (QED) is 0.550. The maximum absolute atomic E-state index is 12.3. The van der Waals surface area contributed by atoms with Gasteiger partial charge < -0.3 is 19.2 Å². The number of hydrogen-bond acceptors (Lipinski definition) is 8. The number of thiophene rings is 1. The van der Waals surface area contributed by atoms with Gasteiger partial charge in [-0.3, -0.25) is 9.59 Å². The van der Waals surface area contributed by atoms with Gasteiger partial charge in [0.05, 0.1) is 17.6 Å². The Hall–Kier alpha value is -3.46. The first kappa shape index (κ1) is 22.2. The summed E-state index contributed by atoms with van der Waals surface area (Å²) in [4.78, 5) is 49.7. The van der Waals surface area contributed by atoms with E-state index in [2.05, 4.69) is 5.32 Å². The van der Waals surface area contributed by atoms with Crippen LogP contribution < -0.4 is 10.7 Å². The summed E-state index contributed by atoms with van der Waals surface area (Å²) < 4.78 is 15.4. The van der Waals surface area contributed by atoms with Gasteiger partial charge in [-0.05, 0) is 31.0 Å². The number of para-hydroxylation sites is 1. The molecule has 162 valence electrons. The average Bonchev–Trinajstić information content (AvgIpc) is 3.16.